The Hall–Kier alpha value is -3.00. The molecule has 4 heterocycles. The number of rotatable bonds is 4. The van der Waals surface area contributed by atoms with Crippen LogP contribution < -0.4 is 5.73 Å². The summed E-state index contributed by atoms with van der Waals surface area (Å²) in [7, 11) is 0. The molecule has 1 aliphatic heterocycles. The Labute approximate surface area is 184 Å². The summed E-state index contributed by atoms with van der Waals surface area (Å²) in [6.45, 7) is 1.65. The smallest absolute Gasteiger partial charge is 0.216 e. The average Bonchev–Trinajstić information content (AvgIpc) is 2.84. The minimum absolute atomic E-state index is 0.326. The Morgan fingerprint density at radius 3 is 2.45 bits per heavy atom. The molecule has 1 aliphatic rings. The first kappa shape index (κ1) is 19.9. The predicted octanol–water partition coefficient (Wildman–Crippen LogP) is 4.45. The number of anilines is 1. The highest BCUT2D eigenvalue weighted by Gasteiger charge is 2.27. The van der Waals surface area contributed by atoms with Gasteiger partial charge >= 0.3 is 0 Å². The summed E-state index contributed by atoms with van der Waals surface area (Å²) in [6.07, 6.45) is 10.5. The molecule has 0 amide bonds. The van der Waals surface area contributed by atoms with E-state index in [2.05, 4.69) is 21.0 Å². The van der Waals surface area contributed by atoms with Gasteiger partial charge in [-0.3, -0.25) is 9.97 Å². The minimum atomic E-state index is -1.30. The Balaban J connectivity index is 1.56. The van der Waals surface area contributed by atoms with Crippen molar-refractivity contribution < 1.29 is 4.55 Å². The SMILES string of the molecule is Nc1ncc(-c2ccc3nccc(-c4ccncc4)c3c2)cc1[S+]([O-])N1CCCCC1. The van der Waals surface area contributed by atoms with E-state index in [4.69, 9.17) is 5.73 Å². The zero-order valence-corrected chi connectivity index (χ0v) is 17.9. The van der Waals surface area contributed by atoms with Crippen LogP contribution in [0.3, 0.4) is 0 Å². The third-order valence-electron chi connectivity index (χ3n) is 5.69. The largest absolute Gasteiger partial charge is 0.593 e. The predicted molar refractivity (Wildman–Crippen MR) is 124 cm³/mol. The standard InChI is InChI=1S/C24H23N5OS/c25-24-23(31(30)29-12-2-1-3-13-29)15-19(16-28-24)18-4-5-22-21(14-18)20(8-11-27-22)17-6-9-26-10-7-17/h4-11,14-16H,1-3,12-13H2,(H2,25,28). The molecule has 4 aromatic rings. The van der Waals surface area contributed by atoms with Crippen LogP contribution in [0.15, 0.2) is 72.1 Å². The maximum absolute atomic E-state index is 13.2. The Morgan fingerprint density at radius 1 is 0.839 bits per heavy atom. The zero-order chi connectivity index (χ0) is 21.2. The number of pyridine rings is 3. The van der Waals surface area contributed by atoms with Gasteiger partial charge in [-0.15, -0.1) is 4.31 Å². The van der Waals surface area contributed by atoms with Crippen molar-refractivity contribution in [2.24, 2.45) is 0 Å². The van der Waals surface area contributed by atoms with Crippen LogP contribution in [0.5, 0.6) is 0 Å². The quantitative estimate of drug-likeness (QED) is 0.482. The average molecular weight is 430 g/mol. The molecule has 0 saturated carbocycles. The lowest BCUT2D eigenvalue weighted by Gasteiger charge is -2.27. The molecule has 0 bridgehead atoms. The number of hydrogen-bond donors (Lipinski definition) is 1. The van der Waals surface area contributed by atoms with E-state index < -0.39 is 11.4 Å². The number of nitrogens with zero attached hydrogens (tertiary/aromatic N) is 4. The number of piperidine rings is 1. The van der Waals surface area contributed by atoms with Crippen molar-refractivity contribution in [3.05, 3.63) is 67.3 Å². The molecule has 2 N–H and O–H groups in total. The number of nitrogen functional groups attached to an aromatic ring is 1. The third kappa shape index (κ3) is 3.99. The number of aromatic nitrogens is 3. The summed E-state index contributed by atoms with van der Waals surface area (Å²) in [5.41, 5.74) is 11.1. The molecule has 1 atom stereocenters. The van der Waals surface area contributed by atoms with Crippen molar-refractivity contribution in [3.63, 3.8) is 0 Å². The van der Waals surface area contributed by atoms with E-state index in [0.717, 1.165) is 59.1 Å². The van der Waals surface area contributed by atoms with Crippen molar-refractivity contribution in [3.8, 4) is 22.3 Å². The van der Waals surface area contributed by atoms with Gasteiger partial charge in [0.05, 0.1) is 16.9 Å². The highest BCUT2D eigenvalue weighted by Crippen LogP contribution is 2.33. The van der Waals surface area contributed by atoms with E-state index in [1.54, 1.807) is 18.6 Å². The molecule has 0 aliphatic carbocycles. The highest BCUT2D eigenvalue weighted by atomic mass is 32.2. The van der Waals surface area contributed by atoms with E-state index in [1.807, 2.05) is 46.9 Å². The van der Waals surface area contributed by atoms with Crippen LogP contribution in [0.4, 0.5) is 5.82 Å². The van der Waals surface area contributed by atoms with Crippen LogP contribution in [-0.2, 0) is 11.4 Å². The number of hydrogen-bond acceptors (Lipinski definition) is 6. The van der Waals surface area contributed by atoms with Crippen LogP contribution in [0, 0.1) is 0 Å². The van der Waals surface area contributed by atoms with Crippen LogP contribution in [0.25, 0.3) is 33.2 Å². The molecule has 31 heavy (non-hydrogen) atoms. The molecule has 0 spiro atoms. The summed E-state index contributed by atoms with van der Waals surface area (Å²) < 4.78 is 15.1. The molecule has 1 aromatic carbocycles. The van der Waals surface area contributed by atoms with E-state index >= 15 is 0 Å². The van der Waals surface area contributed by atoms with Crippen molar-refractivity contribution in [2.75, 3.05) is 18.8 Å². The van der Waals surface area contributed by atoms with Crippen LogP contribution in [0.2, 0.25) is 0 Å². The van der Waals surface area contributed by atoms with Gasteiger partial charge in [0, 0.05) is 54.9 Å². The van der Waals surface area contributed by atoms with E-state index in [9.17, 15) is 4.55 Å². The molecule has 156 valence electrons. The first-order valence-corrected chi connectivity index (χ1v) is 11.5. The first-order valence-electron chi connectivity index (χ1n) is 10.4. The van der Waals surface area contributed by atoms with Gasteiger partial charge in [-0.2, -0.15) is 0 Å². The Morgan fingerprint density at radius 2 is 1.65 bits per heavy atom. The molecule has 0 radical (unpaired) electrons. The Bertz CT molecular complexity index is 1210. The van der Waals surface area contributed by atoms with Gasteiger partial charge in [0.2, 0.25) is 4.90 Å². The van der Waals surface area contributed by atoms with Crippen molar-refractivity contribution in [1.82, 2.24) is 19.3 Å². The monoisotopic (exact) mass is 429 g/mol. The molecule has 5 rings (SSSR count). The number of benzene rings is 1. The third-order valence-corrected chi connectivity index (χ3v) is 7.22. The summed E-state index contributed by atoms with van der Waals surface area (Å²) in [5.74, 6) is 0.326. The molecule has 3 aromatic heterocycles. The fourth-order valence-electron chi connectivity index (χ4n) is 4.03. The van der Waals surface area contributed by atoms with Crippen molar-refractivity contribution >= 4 is 28.1 Å². The lowest BCUT2D eigenvalue weighted by molar-refractivity contribution is 0.346. The van der Waals surface area contributed by atoms with Gasteiger partial charge < -0.3 is 10.3 Å². The fourth-order valence-corrected chi connectivity index (χ4v) is 5.36. The van der Waals surface area contributed by atoms with Crippen LogP contribution >= 0.6 is 0 Å². The topological polar surface area (TPSA) is 91.0 Å². The lowest BCUT2D eigenvalue weighted by Crippen LogP contribution is -2.36. The minimum Gasteiger partial charge on any atom is -0.593 e. The van der Waals surface area contributed by atoms with Crippen LogP contribution in [0.1, 0.15) is 19.3 Å². The lowest BCUT2D eigenvalue weighted by atomic mass is 9.98. The zero-order valence-electron chi connectivity index (χ0n) is 17.1. The summed E-state index contributed by atoms with van der Waals surface area (Å²) in [5, 5.41) is 1.04. The van der Waals surface area contributed by atoms with E-state index in [0.29, 0.717) is 10.7 Å². The summed E-state index contributed by atoms with van der Waals surface area (Å²) in [6, 6.07) is 14.0. The van der Waals surface area contributed by atoms with Crippen molar-refractivity contribution in [2.45, 2.75) is 24.2 Å². The summed E-state index contributed by atoms with van der Waals surface area (Å²) in [4.78, 5) is 13.6. The highest BCUT2D eigenvalue weighted by molar-refractivity contribution is 7.89. The number of fused-ring (bicyclic) bond motifs is 1. The second-order valence-corrected chi connectivity index (χ2v) is 9.13. The van der Waals surface area contributed by atoms with Gasteiger partial charge in [-0.05, 0) is 59.9 Å². The fraction of sp³-hybridized carbons (Fsp3) is 0.208. The maximum atomic E-state index is 13.2. The molecular formula is C24H23N5OS. The maximum Gasteiger partial charge on any atom is 0.216 e. The van der Waals surface area contributed by atoms with Gasteiger partial charge in [0.25, 0.3) is 0 Å². The molecule has 6 nitrogen and oxygen atoms in total. The van der Waals surface area contributed by atoms with Gasteiger partial charge in [-0.25, -0.2) is 4.98 Å². The van der Waals surface area contributed by atoms with E-state index in [-0.39, 0.29) is 0 Å². The molecule has 1 unspecified atom stereocenters. The van der Waals surface area contributed by atoms with E-state index in [1.165, 1.54) is 6.42 Å². The molecule has 7 heteroatoms. The van der Waals surface area contributed by atoms with Crippen molar-refractivity contribution in [1.29, 1.82) is 0 Å². The molecule has 1 saturated heterocycles. The second kappa shape index (κ2) is 8.63. The molecular weight excluding hydrogens is 406 g/mol. The van der Waals surface area contributed by atoms with Gasteiger partial charge in [0.15, 0.2) is 5.82 Å². The second-order valence-electron chi connectivity index (χ2n) is 7.67. The Kier molecular flexibility index (Phi) is 5.55. The normalized spacial score (nSPS) is 15.8. The first-order chi connectivity index (χ1) is 15.2. The van der Waals surface area contributed by atoms with Gasteiger partial charge in [0.1, 0.15) is 0 Å². The van der Waals surface area contributed by atoms with Crippen LogP contribution in [-0.4, -0.2) is 36.9 Å². The summed E-state index contributed by atoms with van der Waals surface area (Å²) >= 11 is -1.30. The van der Waals surface area contributed by atoms with Gasteiger partial charge in [-0.1, -0.05) is 12.5 Å². The molecule has 1 fully saturated rings. The number of nitrogens with two attached hydrogens (primary N) is 1.